The van der Waals surface area contributed by atoms with Gasteiger partial charge in [0.1, 0.15) is 0 Å². The summed E-state index contributed by atoms with van der Waals surface area (Å²) in [5, 5.41) is 0. The van der Waals surface area contributed by atoms with E-state index in [2.05, 4.69) is 18.2 Å². The van der Waals surface area contributed by atoms with E-state index >= 15 is 0 Å². The molecule has 0 spiro atoms. The minimum atomic E-state index is 0.255. The number of fused-ring (bicyclic) bond motifs is 3. The lowest BCUT2D eigenvalue weighted by Crippen LogP contribution is -2.38. The Kier molecular flexibility index (Phi) is 1.84. The monoisotopic (exact) mass is 201 g/mol. The summed E-state index contributed by atoms with van der Waals surface area (Å²) in [5.74, 6) is 1.06. The van der Waals surface area contributed by atoms with Crippen molar-refractivity contribution in [2.45, 2.75) is 25.2 Å². The van der Waals surface area contributed by atoms with E-state index in [1.165, 1.54) is 18.4 Å². The van der Waals surface area contributed by atoms with Gasteiger partial charge in [-0.15, -0.1) is 0 Å². The molecule has 78 valence electrons. The number of rotatable bonds is 0. The molecule has 2 heteroatoms. The van der Waals surface area contributed by atoms with Crippen LogP contribution in [0.15, 0.2) is 24.3 Å². The van der Waals surface area contributed by atoms with Gasteiger partial charge in [0.25, 0.3) is 0 Å². The van der Waals surface area contributed by atoms with Gasteiger partial charge < -0.3 is 4.90 Å². The van der Waals surface area contributed by atoms with Crippen LogP contribution in [0.1, 0.15) is 30.7 Å². The molecule has 0 bridgehead atoms. The standard InChI is InChI=1S/C13H15NO/c1-14-12-8-3-2-5-10(12)9-6-4-7-11(9)13(14)15/h2-3,5,8-9,11H,4,6-7H2,1H3/t9-,11+/m1/s1. The molecule has 1 fully saturated rings. The van der Waals surface area contributed by atoms with Crippen LogP contribution in [0.3, 0.4) is 0 Å². The zero-order valence-electron chi connectivity index (χ0n) is 8.94. The van der Waals surface area contributed by atoms with Crippen LogP contribution in [0.5, 0.6) is 0 Å². The Bertz CT molecular complexity index is 413. The fourth-order valence-electron chi connectivity index (χ4n) is 3.10. The van der Waals surface area contributed by atoms with E-state index in [4.69, 9.17) is 0 Å². The Morgan fingerprint density at radius 1 is 1.20 bits per heavy atom. The molecular weight excluding hydrogens is 186 g/mol. The molecule has 2 atom stereocenters. The van der Waals surface area contributed by atoms with Crippen molar-refractivity contribution in [3.05, 3.63) is 29.8 Å². The average Bonchev–Trinajstić information content (AvgIpc) is 2.75. The van der Waals surface area contributed by atoms with Crippen LogP contribution >= 0.6 is 0 Å². The molecule has 0 N–H and O–H groups in total. The summed E-state index contributed by atoms with van der Waals surface area (Å²) in [6, 6.07) is 8.33. The summed E-state index contributed by atoms with van der Waals surface area (Å²) < 4.78 is 0. The van der Waals surface area contributed by atoms with Gasteiger partial charge in [0.2, 0.25) is 5.91 Å². The molecule has 0 unspecified atom stereocenters. The van der Waals surface area contributed by atoms with Crippen LogP contribution in [0.2, 0.25) is 0 Å². The SMILES string of the molecule is CN1C(=O)[C@H]2CCC[C@@H]2c2ccccc21. The summed E-state index contributed by atoms with van der Waals surface area (Å²) in [6.07, 6.45) is 3.45. The molecule has 0 radical (unpaired) electrons. The zero-order chi connectivity index (χ0) is 10.4. The van der Waals surface area contributed by atoms with Gasteiger partial charge >= 0.3 is 0 Å². The number of carbonyl (C=O) groups excluding carboxylic acids is 1. The summed E-state index contributed by atoms with van der Waals surface area (Å²) in [4.78, 5) is 13.9. The van der Waals surface area contributed by atoms with E-state index < -0.39 is 0 Å². The number of amides is 1. The highest BCUT2D eigenvalue weighted by molar-refractivity contribution is 5.98. The third-order valence-corrected chi connectivity index (χ3v) is 3.86. The number of hydrogen-bond donors (Lipinski definition) is 0. The van der Waals surface area contributed by atoms with Crippen molar-refractivity contribution in [3.8, 4) is 0 Å². The third kappa shape index (κ3) is 1.14. The van der Waals surface area contributed by atoms with Crippen molar-refractivity contribution in [2.75, 3.05) is 11.9 Å². The second-order valence-corrected chi connectivity index (χ2v) is 4.60. The van der Waals surface area contributed by atoms with Gasteiger partial charge in [-0.2, -0.15) is 0 Å². The van der Waals surface area contributed by atoms with Crippen molar-refractivity contribution in [3.63, 3.8) is 0 Å². The molecule has 1 aliphatic carbocycles. The molecule has 1 saturated carbocycles. The van der Waals surface area contributed by atoms with E-state index in [0.29, 0.717) is 11.8 Å². The number of benzene rings is 1. The first-order valence-corrected chi connectivity index (χ1v) is 5.65. The average molecular weight is 201 g/mol. The Labute approximate surface area is 89.9 Å². The molecule has 1 heterocycles. The summed E-state index contributed by atoms with van der Waals surface area (Å²) in [6.45, 7) is 0. The predicted molar refractivity (Wildman–Crippen MR) is 59.9 cm³/mol. The summed E-state index contributed by atoms with van der Waals surface area (Å²) in [7, 11) is 1.90. The highest BCUT2D eigenvalue weighted by Crippen LogP contribution is 2.47. The maximum Gasteiger partial charge on any atom is 0.230 e. The van der Waals surface area contributed by atoms with Gasteiger partial charge in [0.05, 0.1) is 0 Å². The predicted octanol–water partition coefficient (Wildman–Crippen LogP) is 2.55. The van der Waals surface area contributed by atoms with Gasteiger partial charge in [-0.3, -0.25) is 4.79 Å². The minimum Gasteiger partial charge on any atom is -0.315 e. The second kappa shape index (κ2) is 3.09. The van der Waals surface area contributed by atoms with Crippen LogP contribution < -0.4 is 4.90 Å². The minimum absolute atomic E-state index is 0.255. The third-order valence-electron chi connectivity index (χ3n) is 3.86. The van der Waals surface area contributed by atoms with Gasteiger partial charge in [-0.05, 0) is 30.4 Å². The molecule has 0 aromatic heterocycles. The van der Waals surface area contributed by atoms with Crippen LogP contribution in [0, 0.1) is 5.92 Å². The molecule has 1 aromatic carbocycles. The highest BCUT2D eigenvalue weighted by Gasteiger charge is 2.41. The Morgan fingerprint density at radius 3 is 2.80 bits per heavy atom. The number of para-hydroxylation sites is 1. The van der Waals surface area contributed by atoms with E-state index in [9.17, 15) is 4.79 Å². The molecule has 2 nitrogen and oxygen atoms in total. The van der Waals surface area contributed by atoms with E-state index in [-0.39, 0.29) is 5.92 Å². The first kappa shape index (κ1) is 8.96. The number of anilines is 1. The molecule has 1 amide bonds. The summed E-state index contributed by atoms with van der Waals surface area (Å²) >= 11 is 0. The second-order valence-electron chi connectivity index (χ2n) is 4.60. The van der Waals surface area contributed by atoms with Crippen molar-refractivity contribution < 1.29 is 4.79 Å². The lowest BCUT2D eigenvalue weighted by Gasteiger charge is -2.34. The number of hydrogen-bond acceptors (Lipinski definition) is 1. The quantitative estimate of drug-likeness (QED) is 0.631. The lowest BCUT2D eigenvalue weighted by molar-refractivity contribution is -0.122. The summed E-state index contributed by atoms with van der Waals surface area (Å²) in [5.41, 5.74) is 2.49. The molecule has 1 aliphatic heterocycles. The van der Waals surface area contributed by atoms with Crippen LogP contribution in [-0.4, -0.2) is 13.0 Å². The van der Waals surface area contributed by atoms with Crippen molar-refractivity contribution in [1.29, 1.82) is 0 Å². The largest absolute Gasteiger partial charge is 0.315 e. The Balaban J connectivity index is 2.16. The van der Waals surface area contributed by atoms with E-state index in [0.717, 1.165) is 12.1 Å². The zero-order valence-corrected chi connectivity index (χ0v) is 8.94. The maximum atomic E-state index is 12.1. The van der Waals surface area contributed by atoms with Crippen LogP contribution in [-0.2, 0) is 4.79 Å². The van der Waals surface area contributed by atoms with Gasteiger partial charge in [-0.25, -0.2) is 0 Å². The molecular formula is C13H15NO. The van der Waals surface area contributed by atoms with Gasteiger partial charge in [0, 0.05) is 18.7 Å². The molecule has 0 saturated heterocycles. The van der Waals surface area contributed by atoms with Crippen molar-refractivity contribution in [2.24, 2.45) is 5.92 Å². The Hall–Kier alpha value is -1.31. The lowest BCUT2D eigenvalue weighted by atomic mass is 9.83. The van der Waals surface area contributed by atoms with E-state index in [1.54, 1.807) is 0 Å². The molecule has 2 aliphatic rings. The van der Waals surface area contributed by atoms with Gasteiger partial charge in [0.15, 0.2) is 0 Å². The molecule has 15 heavy (non-hydrogen) atoms. The fraction of sp³-hybridized carbons (Fsp3) is 0.462. The Morgan fingerprint density at radius 2 is 1.93 bits per heavy atom. The van der Waals surface area contributed by atoms with Crippen LogP contribution in [0.4, 0.5) is 5.69 Å². The first-order valence-electron chi connectivity index (χ1n) is 5.65. The number of carbonyl (C=O) groups is 1. The smallest absolute Gasteiger partial charge is 0.230 e. The van der Waals surface area contributed by atoms with Crippen molar-refractivity contribution in [1.82, 2.24) is 0 Å². The first-order chi connectivity index (χ1) is 7.29. The van der Waals surface area contributed by atoms with E-state index in [1.807, 2.05) is 18.0 Å². The fourth-order valence-corrected chi connectivity index (χ4v) is 3.10. The molecule has 3 rings (SSSR count). The van der Waals surface area contributed by atoms with Crippen LogP contribution in [0.25, 0.3) is 0 Å². The highest BCUT2D eigenvalue weighted by atomic mass is 16.2. The maximum absolute atomic E-state index is 12.1. The molecule has 1 aromatic rings. The van der Waals surface area contributed by atoms with Gasteiger partial charge in [-0.1, -0.05) is 24.6 Å². The normalized spacial score (nSPS) is 28.9. The number of nitrogens with zero attached hydrogens (tertiary/aromatic N) is 1. The van der Waals surface area contributed by atoms with Crippen molar-refractivity contribution >= 4 is 11.6 Å². The topological polar surface area (TPSA) is 20.3 Å².